The van der Waals surface area contributed by atoms with Gasteiger partial charge in [0.2, 0.25) is 11.8 Å². The number of benzene rings is 2. The van der Waals surface area contributed by atoms with Crippen molar-refractivity contribution in [2.75, 3.05) is 10.6 Å². The number of hydrogen-bond donors (Lipinski definition) is 2. The Hall–Kier alpha value is -2.83. The average molecular weight is 458 g/mol. The number of aromatic nitrogens is 1. The molecular formula is C23H21Cl2N3O3. The maximum atomic E-state index is 12.5. The Morgan fingerprint density at radius 2 is 1.94 bits per heavy atom. The Morgan fingerprint density at radius 3 is 2.68 bits per heavy atom. The Kier molecular flexibility index (Phi) is 6.30. The lowest BCUT2D eigenvalue weighted by molar-refractivity contribution is -0.117. The standard InChI is InChI=1S/C23H21Cl2N3O3/c1-13-2-6-16(27-23(30)14-3-4-14)11-19(13)28-21(29)8-9-22-26-12-20(31-22)17-7-5-15(24)10-18(17)25/h2,5-7,10-12,14H,3-4,8-9H2,1H3,(H,27,30)(H,28,29). The molecular weight excluding hydrogens is 437 g/mol. The fraction of sp³-hybridized carbons (Fsp3) is 0.261. The van der Waals surface area contributed by atoms with E-state index < -0.39 is 0 Å². The van der Waals surface area contributed by atoms with E-state index in [9.17, 15) is 9.59 Å². The van der Waals surface area contributed by atoms with E-state index in [4.69, 9.17) is 27.6 Å². The van der Waals surface area contributed by atoms with Crippen LogP contribution in [0, 0.1) is 12.8 Å². The lowest BCUT2D eigenvalue weighted by Gasteiger charge is -2.11. The highest BCUT2D eigenvalue weighted by Crippen LogP contribution is 2.32. The van der Waals surface area contributed by atoms with Gasteiger partial charge in [-0.05, 0) is 55.7 Å². The van der Waals surface area contributed by atoms with Crippen molar-refractivity contribution in [3.63, 3.8) is 0 Å². The van der Waals surface area contributed by atoms with Gasteiger partial charge in [-0.25, -0.2) is 4.98 Å². The number of nitrogens with one attached hydrogen (secondary N) is 2. The minimum Gasteiger partial charge on any atom is -0.441 e. The summed E-state index contributed by atoms with van der Waals surface area (Å²) in [7, 11) is 0. The number of amides is 2. The van der Waals surface area contributed by atoms with E-state index in [-0.39, 0.29) is 24.2 Å². The van der Waals surface area contributed by atoms with Crippen LogP contribution in [-0.2, 0) is 16.0 Å². The summed E-state index contributed by atoms with van der Waals surface area (Å²) >= 11 is 12.1. The van der Waals surface area contributed by atoms with Crippen molar-refractivity contribution in [1.82, 2.24) is 4.98 Å². The van der Waals surface area contributed by atoms with Crippen LogP contribution in [0.3, 0.4) is 0 Å². The molecule has 0 unspecified atom stereocenters. The fourth-order valence-electron chi connectivity index (χ4n) is 3.10. The molecule has 31 heavy (non-hydrogen) atoms. The Bertz CT molecular complexity index is 1140. The molecule has 6 nitrogen and oxygen atoms in total. The Morgan fingerprint density at radius 1 is 1.13 bits per heavy atom. The molecule has 1 saturated carbocycles. The second-order valence-corrected chi connectivity index (χ2v) is 8.43. The number of oxazole rings is 1. The van der Waals surface area contributed by atoms with E-state index in [1.165, 1.54) is 0 Å². The van der Waals surface area contributed by atoms with Gasteiger partial charge in [0, 0.05) is 40.7 Å². The van der Waals surface area contributed by atoms with E-state index in [1.807, 2.05) is 19.1 Å². The molecule has 1 aliphatic carbocycles. The Balaban J connectivity index is 1.35. The van der Waals surface area contributed by atoms with Crippen LogP contribution in [0.15, 0.2) is 47.0 Å². The van der Waals surface area contributed by atoms with E-state index in [0.29, 0.717) is 45.1 Å². The van der Waals surface area contributed by atoms with Gasteiger partial charge >= 0.3 is 0 Å². The first-order valence-corrected chi connectivity index (χ1v) is 10.8. The normalized spacial score (nSPS) is 13.1. The Labute approximate surface area is 190 Å². The van der Waals surface area contributed by atoms with Crippen molar-refractivity contribution in [2.45, 2.75) is 32.6 Å². The molecule has 8 heteroatoms. The number of nitrogens with zero attached hydrogens (tertiary/aromatic N) is 1. The molecule has 2 aromatic carbocycles. The molecule has 0 spiro atoms. The number of carbonyl (C=O) groups excluding carboxylic acids is 2. The van der Waals surface area contributed by atoms with Crippen LogP contribution in [0.4, 0.5) is 11.4 Å². The molecule has 1 heterocycles. The highest BCUT2D eigenvalue weighted by Gasteiger charge is 2.29. The molecule has 160 valence electrons. The van der Waals surface area contributed by atoms with Crippen molar-refractivity contribution >= 4 is 46.4 Å². The minimum atomic E-state index is -0.168. The monoisotopic (exact) mass is 457 g/mol. The van der Waals surface area contributed by atoms with Crippen LogP contribution in [0.5, 0.6) is 0 Å². The maximum Gasteiger partial charge on any atom is 0.227 e. The first-order valence-electron chi connectivity index (χ1n) is 10.0. The zero-order chi connectivity index (χ0) is 22.0. The minimum absolute atomic E-state index is 0.0293. The molecule has 4 rings (SSSR count). The third kappa shape index (κ3) is 5.46. The zero-order valence-corrected chi connectivity index (χ0v) is 18.4. The number of rotatable bonds is 7. The van der Waals surface area contributed by atoms with E-state index in [0.717, 1.165) is 18.4 Å². The van der Waals surface area contributed by atoms with Crippen LogP contribution >= 0.6 is 23.2 Å². The summed E-state index contributed by atoms with van der Waals surface area (Å²) in [6.45, 7) is 1.90. The van der Waals surface area contributed by atoms with Crippen molar-refractivity contribution in [1.29, 1.82) is 0 Å². The third-order valence-electron chi connectivity index (χ3n) is 5.04. The van der Waals surface area contributed by atoms with Gasteiger partial charge in [0.1, 0.15) is 0 Å². The van der Waals surface area contributed by atoms with E-state index in [2.05, 4.69) is 15.6 Å². The molecule has 2 amide bonds. The van der Waals surface area contributed by atoms with Crippen molar-refractivity contribution < 1.29 is 14.0 Å². The van der Waals surface area contributed by atoms with E-state index >= 15 is 0 Å². The van der Waals surface area contributed by atoms with Crippen LogP contribution in [0.2, 0.25) is 10.0 Å². The van der Waals surface area contributed by atoms with E-state index in [1.54, 1.807) is 30.5 Å². The SMILES string of the molecule is Cc1ccc(NC(=O)C2CC2)cc1NC(=O)CCc1ncc(-c2ccc(Cl)cc2Cl)o1. The first-order chi connectivity index (χ1) is 14.9. The summed E-state index contributed by atoms with van der Waals surface area (Å²) in [6.07, 6.45) is 4.00. The summed E-state index contributed by atoms with van der Waals surface area (Å²) in [5, 5.41) is 6.80. The highest BCUT2D eigenvalue weighted by atomic mass is 35.5. The summed E-state index contributed by atoms with van der Waals surface area (Å²) in [5.41, 5.74) is 2.94. The second-order valence-electron chi connectivity index (χ2n) is 7.58. The van der Waals surface area contributed by atoms with Gasteiger partial charge in [0.15, 0.2) is 11.7 Å². The largest absolute Gasteiger partial charge is 0.441 e. The number of carbonyl (C=O) groups is 2. The number of anilines is 2. The van der Waals surface area contributed by atoms with Crippen molar-refractivity contribution in [3.8, 4) is 11.3 Å². The molecule has 1 fully saturated rings. The van der Waals surface area contributed by atoms with Gasteiger partial charge < -0.3 is 15.1 Å². The molecule has 0 atom stereocenters. The summed E-state index contributed by atoms with van der Waals surface area (Å²) in [4.78, 5) is 28.7. The fourth-order valence-corrected chi connectivity index (χ4v) is 3.60. The number of aryl methyl sites for hydroxylation is 2. The van der Waals surface area contributed by atoms with Gasteiger partial charge in [-0.3, -0.25) is 9.59 Å². The second kappa shape index (κ2) is 9.12. The molecule has 0 saturated heterocycles. The van der Waals surface area contributed by atoms with Gasteiger partial charge in [-0.15, -0.1) is 0 Å². The topological polar surface area (TPSA) is 84.2 Å². The van der Waals surface area contributed by atoms with Crippen molar-refractivity contribution in [2.24, 2.45) is 5.92 Å². The van der Waals surface area contributed by atoms with Gasteiger partial charge in [0.05, 0.1) is 11.2 Å². The third-order valence-corrected chi connectivity index (χ3v) is 5.59. The van der Waals surface area contributed by atoms with Crippen LogP contribution in [-0.4, -0.2) is 16.8 Å². The van der Waals surface area contributed by atoms with Crippen molar-refractivity contribution in [3.05, 3.63) is 64.1 Å². The molecule has 3 aromatic rings. The predicted molar refractivity (Wildman–Crippen MR) is 121 cm³/mol. The van der Waals surface area contributed by atoms with Gasteiger partial charge in [-0.2, -0.15) is 0 Å². The summed E-state index contributed by atoms with van der Waals surface area (Å²) in [6, 6.07) is 10.6. The molecule has 0 aliphatic heterocycles. The first kappa shape index (κ1) is 21.4. The molecule has 1 aliphatic rings. The quantitative estimate of drug-likeness (QED) is 0.463. The summed E-state index contributed by atoms with van der Waals surface area (Å²) in [5.74, 6) is 0.942. The lowest BCUT2D eigenvalue weighted by atomic mass is 10.1. The molecule has 0 radical (unpaired) electrons. The average Bonchev–Trinajstić information content (AvgIpc) is 3.48. The highest BCUT2D eigenvalue weighted by molar-refractivity contribution is 6.36. The predicted octanol–water partition coefficient (Wildman–Crippen LogP) is 5.88. The molecule has 2 N–H and O–H groups in total. The van der Waals surface area contributed by atoms with Crippen LogP contribution < -0.4 is 10.6 Å². The zero-order valence-electron chi connectivity index (χ0n) is 16.9. The van der Waals surface area contributed by atoms with Gasteiger partial charge in [0.25, 0.3) is 0 Å². The summed E-state index contributed by atoms with van der Waals surface area (Å²) < 4.78 is 5.74. The number of halogens is 2. The molecule has 0 bridgehead atoms. The molecule has 1 aromatic heterocycles. The maximum absolute atomic E-state index is 12.5. The number of hydrogen-bond acceptors (Lipinski definition) is 4. The lowest BCUT2D eigenvalue weighted by Crippen LogP contribution is -2.15. The smallest absolute Gasteiger partial charge is 0.227 e. The van der Waals surface area contributed by atoms with Crippen LogP contribution in [0.25, 0.3) is 11.3 Å². The van der Waals surface area contributed by atoms with Crippen LogP contribution in [0.1, 0.15) is 30.7 Å². The van der Waals surface area contributed by atoms with Gasteiger partial charge in [-0.1, -0.05) is 29.3 Å².